The van der Waals surface area contributed by atoms with Crippen molar-refractivity contribution in [1.82, 2.24) is 0 Å². The second kappa shape index (κ2) is 4.04. The smallest absolute Gasteiger partial charge is 0.00103 e. The first-order chi connectivity index (χ1) is 10.2. The molecule has 0 heterocycles. The zero-order valence-electron chi connectivity index (χ0n) is 14.6. The van der Waals surface area contributed by atoms with Crippen LogP contribution in [0.1, 0.15) is 72.9 Å². The quantitative estimate of drug-likeness (QED) is 0.579. The van der Waals surface area contributed by atoms with Gasteiger partial charge >= 0.3 is 0 Å². The Morgan fingerprint density at radius 1 is 0.636 bits per heavy atom. The maximum atomic E-state index is 2.45. The van der Waals surface area contributed by atoms with Gasteiger partial charge in [0.2, 0.25) is 0 Å². The summed E-state index contributed by atoms with van der Waals surface area (Å²) in [6.45, 7) is 14.2. The highest BCUT2D eigenvalue weighted by molar-refractivity contribution is 5.60. The molecule has 2 aromatic rings. The molecule has 0 nitrogen and oxygen atoms in total. The molecule has 2 aliphatic rings. The Hall–Kier alpha value is -1.56. The number of fused-ring (bicyclic) bond motifs is 5. The maximum absolute atomic E-state index is 2.45. The van der Waals surface area contributed by atoms with E-state index in [1.807, 2.05) is 0 Å². The van der Waals surface area contributed by atoms with Crippen LogP contribution in [0.2, 0.25) is 0 Å². The Labute approximate surface area is 134 Å². The highest BCUT2D eigenvalue weighted by Gasteiger charge is 2.57. The molecule has 0 aromatic heterocycles. The third-order valence-corrected chi connectivity index (χ3v) is 6.36. The molecule has 0 aliphatic heterocycles. The van der Waals surface area contributed by atoms with Crippen LogP contribution in [0.25, 0.3) is 0 Å². The van der Waals surface area contributed by atoms with E-state index in [4.69, 9.17) is 0 Å². The van der Waals surface area contributed by atoms with Gasteiger partial charge in [-0.15, -0.1) is 0 Å². The van der Waals surface area contributed by atoms with Gasteiger partial charge in [-0.25, -0.2) is 0 Å². The largest absolute Gasteiger partial charge is 0.0590 e. The highest BCUT2D eigenvalue weighted by Crippen LogP contribution is 2.67. The molecule has 2 aliphatic carbocycles. The number of hydrogen-bond donors (Lipinski definition) is 0. The second-order valence-electron chi connectivity index (χ2n) is 8.58. The summed E-state index contributed by atoms with van der Waals surface area (Å²) in [5, 5.41) is 0. The molecule has 0 N–H and O–H groups in total. The number of rotatable bonds is 0. The topological polar surface area (TPSA) is 0 Å². The van der Waals surface area contributed by atoms with Crippen LogP contribution in [0.3, 0.4) is 0 Å². The lowest BCUT2D eigenvalue weighted by molar-refractivity contribution is 0.349. The summed E-state index contributed by atoms with van der Waals surface area (Å²) in [5.74, 6) is 1.21. The molecule has 2 aromatic carbocycles. The molecule has 0 bridgehead atoms. The van der Waals surface area contributed by atoms with E-state index < -0.39 is 0 Å². The molecule has 22 heavy (non-hydrogen) atoms. The fourth-order valence-electron chi connectivity index (χ4n) is 5.36. The molecule has 0 saturated carbocycles. The van der Waals surface area contributed by atoms with Gasteiger partial charge in [0, 0.05) is 11.8 Å². The minimum absolute atomic E-state index is 0.212. The van der Waals surface area contributed by atoms with Crippen LogP contribution in [0, 0.1) is 13.8 Å². The van der Waals surface area contributed by atoms with Crippen LogP contribution >= 0.6 is 0 Å². The minimum Gasteiger partial charge on any atom is -0.0590 e. The van der Waals surface area contributed by atoms with Crippen LogP contribution in [0.4, 0.5) is 0 Å². The average Bonchev–Trinajstić information content (AvgIpc) is 2.79. The maximum Gasteiger partial charge on any atom is 0.00103 e. The van der Waals surface area contributed by atoms with E-state index in [9.17, 15) is 0 Å². The third-order valence-electron chi connectivity index (χ3n) is 6.36. The monoisotopic (exact) mass is 290 g/mol. The van der Waals surface area contributed by atoms with Crippen molar-refractivity contribution in [3.63, 3.8) is 0 Å². The first-order valence-electron chi connectivity index (χ1n) is 8.46. The molecule has 0 amide bonds. The van der Waals surface area contributed by atoms with E-state index >= 15 is 0 Å². The van der Waals surface area contributed by atoms with Gasteiger partial charge in [0.25, 0.3) is 0 Å². The average molecular weight is 290 g/mol. The molecule has 0 radical (unpaired) electrons. The minimum atomic E-state index is 0.212. The van der Waals surface area contributed by atoms with Gasteiger partial charge < -0.3 is 0 Å². The van der Waals surface area contributed by atoms with Crippen molar-refractivity contribution in [3.8, 4) is 0 Å². The van der Waals surface area contributed by atoms with Crippen LogP contribution in [0.15, 0.2) is 36.4 Å². The van der Waals surface area contributed by atoms with Gasteiger partial charge in [-0.3, -0.25) is 0 Å². The van der Waals surface area contributed by atoms with Gasteiger partial charge in [-0.1, -0.05) is 75.2 Å². The predicted molar refractivity (Wildman–Crippen MR) is 93.9 cm³/mol. The summed E-state index contributed by atoms with van der Waals surface area (Å²) in [4.78, 5) is 0. The molecule has 0 fully saturated rings. The summed E-state index contributed by atoms with van der Waals surface area (Å²) >= 11 is 0. The van der Waals surface area contributed by atoms with E-state index in [-0.39, 0.29) is 10.8 Å². The Balaban J connectivity index is 2.04. The lowest BCUT2D eigenvalue weighted by atomic mass is 9.72. The van der Waals surface area contributed by atoms with Crippen LogP contribution in [-0.2, 0) is 10.8 Å². The zero-order valence-corrected chi connectivity index (χ0v) is 14.6. The summed E-state index contributed by atoms with van der Waals surface area (Å²) < 4.78 is 0. The lowest BCUT2D eigenvalue weighted by Gasteiger charge is -2.31. The summed E-state index contributed by atoms with van der Waals surface area (Å²) in [6, 6.07) is 14.2. The van der Waals surface area contributed by atoms with Crippen LogP contribution in [0.5, 0.6) is 0 Å². The van der Waals surface area contributed by atoms with Crippen molar-refractivity contribution in [2.24, 2.45) is 0 Å². The Morgan fingerprint density at radius 3 is 1.36 bits per heavy atom. The van der Waals surface area contributed by atoms with Crippen molar-refractivity contribution in [2.75, 3.05) is 0 Å². The standard InChI is InChI=1S/C22H26/c1-13-7-9-17-15(11-13)19-20(21(17,3)4)16-12-14(2)8-10-18(16)22(19,5)6/h7-12,19-20H,1-6H3. The molecule has 2 unspecified atom stereocenters. The molecular weight excluding hydrogens is 264 g/mol. The normalized spacial score (nSPS) is 26.5. The third kappa shape index (κ3) is 1.54. The molecule has 2 atom stereocenters. The molecule has 0 saturated heterocycles. The summed E-state index contributed by atoms with van der Waals surface area (Å²) in [5.41, 5.74) is 9.51. The van der Waals surface area contributed by atoms with Crippen LogP contribution < -0.4 is 0 Å². The summed E-state index contributed by atoms with van der Waals surface area (Å²) in [6.07, 6.45) is 0. The zero-order chi connectivity index (χ0) is 15.9. The van der Waals surface area contributed by atoms with Crippen molar-refractivity contribution in [2.45, 2.75) is 64.2 Å². The predicted octanol–water partition coefficient (Wildman–Crippen LogP) is 5.75. The number of benzene rings is 2. The fourth-order valence-corrected chi connectivity index (χ4v) is 5.36. The molecule has 0 spiro atoms. The molecule has 114 valence electrons. The van der Waals surface area contributed by atoms with Crippen molar-refractivity contribution in [3.05, 3.63) is 69.8 Å². The molecule has 0 heteroatoms. The van der Waals surface area contributed by atoms with Crippen molar-refractivity contribution in [1.29, 1.82) is 0 Å². The van der Waals surface area contributed by atoms with Gasteiger partial charge in [0.1, 0.15) is 0 Å². The van der Waals surface area contributed by atoms with E-state index in [1.54, 1.807) is 22.3 Å². The Bertz CT molecular complexity index is 709. The fraction of sp³-hybridized carbons (Fsp3) is 0.455. The Kier molecular flexibility index (Phi) is 2.58. The van der Waals surface area contributed by atoms with E-state index in [0.29, 0.717) is 11.8 Å². The van der Waals surface area contributed by atoms with Gasteiger partial charge in [-0.05, 0) is 46.9 Å². The van der Waals surface area contributed by atoms with Crippen LogP contribution in [-0.4, -0.2) is 0 Å². The SMILES string of the molecule is Cc1ccc2c(c1)C1C(c3cc(C)ccc3C1(C)C)C2(C)C. The van der Waals surface area contributed by atoms with E-state index in [2.05, 4.69) is 77.9 Å². The highest BCUT2D eigenvalue weighted by atomic mass is 14.6. The lowest BCUT2D eigenvalue weighted by Crippen LogP contribution is -2.25. The molecular formula is C22H26. The number of aryl methyl sites for hydroxylation is 2. The first kappa shape index (κ1) is 14.1. The van der Waals surface area contributed by atoms with Gasteiger partial charge in [-0.2, -0.15) is 0 Å². The van der Waals surface area contributed by atoms with E-state index in [0.717, 1.165) is 0 Å². The Morgan fingerprint density at radius 2 is 1.00 bits per heavy atom. The van der Waals surface area contributed by atoms with Gasteiger partial charge in [0.05, 0.1) is 0 Å². The molecule has 4 rings (SSSR count). The summed E-state index contributed by atoms with van der Waals surface area (Å²) in [7, 11) is 0. The van der Waals surface area contributed by atoms with Crippen molar-refractivity contribution < 1.29 is 0 Å². The second-order valence-corrected chi connectivity index (χ2v) is 8.58. The van der Waals surface area contributed by atoms with Crippen molar-refractivity contribution >= 4 is 0 Å². The van der Waals surface area contributed by atoms with Gasteiger partial charge in [0.15, 0.2) is 0 Å². The number of hydrogen-bond acceptors (Lipinski definition) is 0. The van der Waals surface area contributed by atoms with E-state index in [1.165, 1.54) is 11.1 Å². The first-order valence-corrected chi connectivity index (χ1v) is 8.46.